The van der Waals surface area contributed by atoms with Gasteiger partial charge in [-0.2, -0.15) is 5.10 Å². The molecule has 0 aromatic carbocycles. The molecule has 0 amide bonds. The van der Waals surface area contributed by atoms with Crippen LogP contribution < -0.4 is 10.6 Å². The molecule has 22 heavy (non-hydrogen) atoms. The second-order valence-corrected chi connectivity index (χ2v) is 6.01. The largest absolute Gasteiger partial charge is 0.354 e. The Bertz CT molecular complexity index is 464. The number of aliphatic imine (C=N–C) groups is 1. The summed E-state index contributed by atoms with van der Waals surface area (Å²) in [6.07, 6.45) is 9.15. The van der Waals surface area contributed by atoms with E-state index in [0.717, 1.165) is 12.5 Å². The summed E-state index contributed by atoms with van der Waals surface area (Å²) in [7, 11) is 7.96. The Kier molecular flexibility index (Phi) is 8.16. The Morgan fingerprint density at radius 1 is 1.45 bits per heavy atom. The predicted molar refractivity (Wildman–Crippen MR) is 102 cm³/mol. The lowest BCUT2D eigenvalue weighted by atomic mass is 10.1. The van der Waals surface area contributed by atoms with Crippen LogP contribution in [0.5, 0.6) is 0 Å². The van der Waals surface area contributed by atoms with Crippen molar-refractivity contribution in [1.29, 1.82) is 0 Å². The molecule has 1 unspecified atom stereocenters. The standard InChI is InChI=1S/C15H28N6.HI/c1-16-15(19-13-7-5-6-8-13)17-10-14(20(2)3)12-9-18-21(4)11-12;/h9,11,13-14H,5-8,10H2,1-4H3,(H2,16,17,19);1H. The first-order valence-corrected chi connectivity index (χ1v) is 7.72. The molecular weight excluding hydrogens is 391 g/mol. The summed E-state index contributed by atoms with van der Waals surface area (Å²) in [5, 5.41) is 11.2. The average Bonchev–Trinajstić information content (AvgIpc) is 3.09. The van der Waals surface area contributed by atoms with Crippen molar-refractivity contribution in [3.8, 4) is 0 Å². The first kappa shape index (κ1) is 19.2. The smallest absolute Gasteiger partial charge is 0.191 e. The van der Waals surface area contributed by atoms with Crippen LogP contribution in [-0.2, 0) is 7.05 Å². The monoisotopic (exact) mass is 420 g/mol. The highest BCUT2D eigenvalue weighted by molar-refractivity contribution is 14.0. The van der Waals surface area contributed by atoms with Gasteiger partial charge in [-0.15, -0.1) is 24.0 Å². The van der Waals surface area contributed by atoms with E-state index in [4.69, 9.17) is 0 Å². The third-order valence-corrected chi connectivity index (χ3v) is 4.12. The molecular formula is C15H29IN6. The molecule has 0 aliphatic heterocycles. The lowest BCUT2D eigenvalue weighted by Crippen LogP contribution is -2.45. The number of nitrogens with zero attached hydrogens (tertiary/aromatic N) is 4. The zero-order valence-corrected chi connectivity index (χ0v) is 16.4. The number of hydrogen-bond donors (Lipinski definition) is 2. The Hall–Kier alpha value is -0.830. The van der Waals surface area contributed by atoms with Crippen molar-refractivity contribution in [2.24, 2.45) is 12.0 Å². The number of hydrogen-bond acceptors (Lipinski definition) is 3. The van der Waals surface area contributed by atoms with Gasteiger partial charge in [-0.25, -0.2) is 0 Å². The van der Waals surface area contributed by atoms with Crippen LogP contribution in [0.1, 0.15) is 37.3 Å². The Morgan fingerprint density at radius 2 is 2.14 bits per heavy atom. The van der Waals surface area contributed by atoms with Crippen LogP contribution in [0, 0.1) is 0 Å². The number of halogens is 1. The summed E-state index contributed by atoms with van der Waals surface area (Å²) in [6.45, 7) is 0.811. The normalized spacial score (nSPS) is 17.4. The van der Waals surface area contributed by atoms with Crippen LogP contribution in [0.3, 0.4) is 0 Å². The molecule has 1 fully saturated rings. The third-order valence-electron chi connectivity index (χ3n) is 4.12. The first-order valence-electron chi connectivity index (χ1n) is 7.72. The number of nitrogens with one attached hydrogen (secondary N) is 2. The molecule has 2 rings (SSSR count). The maximum atomic E-state index is 4.34. The summed E-state index contributed by atoms with van der Waals surface area (Å²) in [5.41, 5.74) is 1.21. The molecule has 1 saturated carbocycles. The van der Waals surface area contributed by atoms with Crippen molar-refractivity contribution >= 4 is 29.9 Å². The van der Waals surface area contributed by atoms with Gasteiger partial charge in [-0.1, -0.05) is 12.8 Å². The van der Waals surface area contributed by atoms with Crippen LogP contribution in [0.2, 0.25) is 0 Å². The lowest BCUT2D eigenvalue weighted by molar-refractivity contribution is 0.298. The number of likely N-dealkylation sites (N-methyl/N-ethyl adjacent to an activating group) is 1. The van der Waals surface area contributed by atoms with E-state index in [1.165, 1.54) is 31.2 Å². The minimum absolute atomic E-state index is 0. The van der Waals surface area contributed by atoms with Crippen molar-refractivity contribution < 1.29 is 0 Å². The average molecular weight is 420 g/mol. The molecule has 0 saturated heterocycles. The molecule has 1 aliphatic rings. The van der Waals surface area contributed by atoms with Crippen molar-refractivity contribution in [1.82, 2.24) is 25.3 Å². The van der Waals surface area contributed by atoms with Gasteiger partial charge >= 0.3 is 0 Å². The second kappa shape index (κ2) is 9.34. The molecule has 126 valence electrons. The van der Waals surface area contributed by atoms with Gasteiger partial charge < -0.3 is 15.5 Å². The molecule has 1 aliphatic carbocycles. The number of guanidine groups is 1. The second-order valence-electron chi connectivity index (χ2n) is 6.01. The van der Waals surface area contributed by atoms with Crippen LogP contribution in [0.15, 0.2) is 17.4 Å². The minimum Gasteiger partial charge on any atom is -0.354 e. The van der Waals surface area contributed by atoms with Crippen LogP contribution in [-0.4, -0.2) is 54.4 Å². The molecule has 0 bridgehead atoms. The first-order chi connectivity index (χ1) is 10.1. The van der Waals surface area contributed by atoms with Crippen molar-refractivity contribution in [2.75, 3.05) is 27.7 Å². The Morgan fingerprint density at radius 3 is 2.64 bits per heavy atom. The molecule has 0 radical (unpaired) electrons. The van der Waals surface area contributed by atoms with Gasteiger partial charge in [0.15, 0.2) is 5.96 Å². The van der Waals surface area contributed by atoms with Crippen LogP contribution in [0.4, 0.5) is 0 Å². The van der Waals surface area contributed by atoms with Gasteiger partial charge in [0, 0.05) is 38.4 Å². The van der Waals surface area contributed by atoms with Crippen LogP contribution >= 0.6 is 24.0 Å². The fraction of sp³-hybridized carbons (Fsp3) is 0.733. The van der Waals surface area contributed by atoms with Gasteiger partial charge in [0.1, 0.15) is 0 Å². The zero-order valence-electron chi connectivity index (χ0n) is 14.0. The van der Waals surface area contributed by atoms with E-state index in [9.17, 15) is 0 Å². The number of rotatable bonds is 5. The summed E-state index contributed by atoms with van der Waals surface area (Å²) in [6, 6.07) is 0.855. The Labute approximate surface area is 150 Å². The van der Waals surface area contributed by atoms with E-state index >= 15 is 0 Å². The molecule has 6 nitrogen and oxygen atoms in total. The van der Waals surface area contributed by atoms with Gasteiger partial charge in [0.2, 0.25) is 0 Å². The van der Waals surface area contributed by atoms with E-state index in [1.54, 1.807) is 0 Å². The SMILES string of the molecule is CN=C(NCC(c1cnn(C)c1)N(C)C)NC1CCCC1.I. The third kappa shape index (κ3) is 5.42. The zero-order chi connectivity index (χ0) is 15.2. The van der Waals surface area contributed by atoms with E-state index in [0.29, 0.717) is 6.04 Å². The molecule has 1 aromatic rings. The number of aryl methyl sites for hydroxylation is 1. The predicted octanol–water partition coefficient (Wildman–Crippen LogP) is 1.75. The molecule has 1 aromatic heterocycles. The highest BCUT2D eigenvalue weighted by Crippen LogP contribution is 2.18. The fourth-order valence-corrected chi connectivity index (χ4v) is 2.86. The van der Waals surface area contributed by atoms with Crippen LogP contribution in [0.25, 0.3) is 0 Å². The fourth-order valence-electron chi connectivity index (χ4n) is 2.86. The minimum atomic E-state index is 0. The lowest BCUT2D eigenvalue weighted by Gasteiger charge is -2.25. The van der Waals surface area contributed by atoms with E-state index in [2.05, 4.69) is 45.9 Å². The van der Waals surface area contributed by atoms with Crippen molar-refractivity contribution in [2.45, 2.75) is 37.8 Å². The summed E-state index contributed by atoms with van der Waals surface area (Å²) in [4.78, 5) is 6.54. The summed E-state index contributed by atoms with van der Waals surface area (Å²) < 4.78 is 1.84. The van der Waals surface area contributed by atoms with Crippen molar-refractivity contribution in [3.05, 3.63) is 18.0 Å². The van der Waals surface area contributed by atoms with Gasteiger partial charge in [0.05, 0.1) is 12.2 Å². The maximum absolute atomic E-state index is 4.34. The molecule has 1 heterocycles. The highest BCUT2D eigenvalue weighted by atomic mass is 127. The van der Waals surface area contributed by atoms with E-state index in [-0.39, 0.29) is 30.0 Å². The summed E-state index contributed by atoms with van der Waals surface area (Å²) in [5.74, 6) is 0.901. The topological polar surface area (TPSA) is 57.5 Å². The molecule has 1 atom stereocenters. The quantitative estimate of drug-likeness (QED) is 0.433. The van der Waals surface area contributed by atoms with E-state index in [1.807, 2.05) is 25.0 Å². The van der Waals surface area contributed by atoms with Gasteiger partial charge in [0.25, 0.3) is 0 Å². The van der Waals surface area contributed by atoms with E-state index < -0.39 is 0 Å². The molecule has 0 spiro atoms. The molecule has 7 heteroatoms. The van der Waals surface area contributed by atoms with Gasteiger partial charge in [-0.3, -0.25) is 9.67 Å². The Balaban J connectivity index is 0.00000242. The highest BCUT2D eigenvalue weighted by Gasteiger charge is 2.19. The molecule has 2 N–H and O–H groups in total. The summed E-state index contributed by atoms with van der Waals surface area (Å²) >= 11 is 0. The maximum Gasteiger partial charge on any atom is 0.191 e. The van der Waals surface area contributed by atoms with Gasteiger partial charge in [-0.05, 0) is 26.9 Å². The number of aromatic nitrogens is 2. The van der Waals surface area contributed by atoms with Crippen molar-refractivity contribution in [3.63, 3.8) is 0 Å².